The maximum Gasteiger partial charge on any atom is 0.127 e. The monoisotopic (exact) mass is 616 g/mol. The Morgan fingerprint density at radius 3 is 2.07 bits per heavy atom. The molecule has 4 aromatic rings. The molecular formula is C43H41N2P. The van der Waals surface area contributed by atoms with Gasteiger partial charge < -0.3 is 10.2 Å². The number of anilines is 3. The van der Waals surface area contributed by atoms with Crippen molar-refractivity contribution in [3.63, 3.8) is 0 Å². The largest absolute Gasteiger partial charge is 0.360 e. The molecule has 0 amide bonds. The number of nitrogens with zero attached hydrogens (tertiary/aromatic N) is 1. The minimum absolute atomic E-state index is 0.174. The van der Waals surface area contributed by atoms with E-state index >= 15 is 0 Å². The maximum atomic E-state index is 3.86. The van der Waals surface area contributed by atoms with Gasteiger partial charge in [0.2, 0.25) is 0 Å². The Labute approximate surface area is 275 Å². The highest BCUT2D eigenvalue weighted by Crippen LogP contribution is 2.58. The third-order valence-corrected chi connectivity index (χ3v) is 12.6. The molecule has 9 rings (SSSR count). The molecule has 0 fully saturated rings. The summed E-state index contributed by atoms with van der Waals surface area (Å²) >= 11 is 0. The molecule has 3 aliphatic carbocycles. The van der Waals surface area contributed by atoms with Gasteiger partial charge in [0.15, 0.2) is 0 Å². The zero-order chi connectivity index (χ0) is 31.0. The highest BCUT2D eigenvalue weighted by atomic mass is 31.1. The van der Waals surface area contributed by atoms with E-state index in [1.807, 2.05) is 13.8 Å². The molecule has 0 saturated carbocycles. The number of fused-ring (bicyclic) bond motifs is 8. The molecule has 1 N–H and O–H groups in total. The summed E-state index contributed by atoms with van der Waals surface area (Å²) in [7, 11) is -0.521. The Balaban J connectivity index is 0.00000153. The second-order valence-electron chi connectivity index (χ2n) is 12.3. The number of nitrogens with one attached hydrogen (secondary N) is 1. The van der Waals surface area contributed by atoms with Gasteiger partial charge in [-0.1, -0.05) is 123 Å². The first kappa shape index (κ1) is 29.0. The number of para-hydroxylation sites is 3. The summed E-state index contributed by atoms with van der Waals surface area (Å²) in [6, 6.07) is 31.8. The van der Waals surface area contributed by atoms with Crippen LogP contribution in [0.5, 0.6) is 0 Å². The van der Waals surface area contributed by atoms with Crippen molar-refractivity contribution in [2.24, 2.45) is 0 Å². The van der Waals surface area contributed by atoms with Crippen molar-refractivity contribution in [2.75, 3.05) is 10.2 Å². The zero-order valence-corrected chi connectivity index (χ0v) is 27.7. The van der Waals surface area contributed by atoms with E-state index in [1.54, 1.807) is 10.6 Å². The zero-order valence-electron chi connectivity index (χ0n) is 26.8. The van der Waals surface area contributed by atoms with Crippen molar-refractivity contribution < 1.29 is 0 Å². The highest BCUT2D eigenvalue weighted by molar-refractivity contribution is 7.74. The van der Waals surface area contributed by atoms with Gasteiger partial charge in [0.25, 0.3) is 0 Å². The predicted molar refractivity (Wildman–Crippen MR) is 201 cm³/mol. The van der Waals surface area contributed by atoms with E-state index in [2.05, 4.69) is 138 Å². The summed E-state index contributed by atoms with van der Waals surface area (Å²) in [5, 5.41) is 11.4. The Morgan fingerprint density at radius 1 is 0.652 bits per heavy atom. The minimum Gasteiger partial charge on any atom is -0.360 e. The minimum atomic E-state index is -0.521. The molecule has 0 aromatic heterocycles. The molecular weight excluding hydrogens is 575 g/mol. The molecule has 46 heavy (non-hydrogen) atoms. The normalized spacial score (nSPS) is 19.2. The lowest BCUT2D eigenvalue weighted by molar-refractivity contribution is 0.788. The standard InChI is InChI=1S/C41H35N2P.C2H6/c1-3-13-29(14-4-1)44(30-15-5-2-6-16-30)40-26-25-31(32-17-7-8-19-34(32)40)28-23-24-35-36(27-28)33-18-9-11-21-38(33)43-39-22-12-10-20-37(39)42-41(35)43;1-2/h1-3,5,7-13,15,17-22,25-27,41-42H,4,6,14,16,23-24H2;1-2H3. The van der Waals surface area contributed by atoms with Crippen LogP contribution in [0.3, 0.4) is 0 Å². The number of rotatable bonds is 4. The molecule has 1 unspecified atom stereocenters. The van der Waals surface area contributed by atoms with Gasteiger partial charge in [-0.15, -0.1) is 0 Å². The van der Waals surface area contributed by atoms with E-state index in [4.69, 9.17) is 0 Å². The summed E-state index contributed by atoms with van der Waals surface area (Å²) in [5.74, 6) is 0. The molecule has 2 heterocycles. The van der Waals surface area contributed by atoms with Gasteiger partial charge in [-0.2, -0.15) is 0 Å². The highest BCUT2D eigenvalue weighted by Gasteiger charge is 2.39. The van der Waals surface area contributed by atoms with E-state index in [9.17, 15) is 0 Å². The molecule has 4 aromatic carbocycles. The molecule has 228 valence electrons. The number of allylic oxidation sites excluding steroid dienone is 11. The van der Waals surface area contributed by atoms with E-state index in [1.165, 1.54) is 61.0 Å². The van der Waals surface area contributed by atoms with Crippen LogP contribution in [-0.4, -0.2) is 6.17 Å². The Bertz CT molecular complexity index is 1990. The summed E-state index contributed by atoms with van der Waals surface area (Å²) in [6.45, 7) is 4.00. The van der Waals surface area contributed by atoms with Crippen molar-refractivity contribution >= 4 is 52.2 Å². The summed E-state index contributed by atoms with van der Waals surface area (Å²) in [4.78, 5) is 2.51. The molecule has 1 atom stereocenters. The first-order valence-corrected chi connectivity index (χ1v) is 18.4. The number of hydrogen-bond acceptors (Lipinski definition) is 2. The average molecular weight is 617 g/mol. The van der Waals surface area contributed by atoms with Gasteiger partial charge in [0.1, 0.15) is 6.17 Å². The molecule has 5 aliphatic rings. The van der Waals surface area contributed by atoms with Crippen LogP contribution >= 0.6 is 7.92 Å². The van der Waals surface area contributed by atoms with Crippen molar-refractivity contribution in [1.29, 1.82) is 0 Å². The number of hydrogen-bond donors (Lipinski definition) is 1. The van der Waals surface area contributed by atoms with Crippen LogP contribution in [0.1, 0.15) is 63.5 Å². The lowest BCUT2D eigenvalue weighted by atomic mass is 9.81. The van der Waals surface area contributed by atoms with Crippen LogP contribution in [0.25, 0.3) is 21.9 Å². The van der Waals surface area contributed by atoms with Crippen LogP contribution in [0.2, 0.25) is 0 Å². The summed E-state index contributed by atoms with van der Waals surface area (Å²) in [6.07, 6.45) is 23.4. The van der Waals surface area contributed by atoms with Crippen molar-refractivity contribution in [2.45, 2.75) is 58.5 Å². The first-order chi connectivity index (χ1) is 22.8. The second-order valence-corrected chi connectivity index (χ2v) is 14.6. The van der Waals surface area contributed by atoms with Crippen LogP contribution in [-0.2, 0) is 0 Å². The molecule has 2 aliphatic heterocycles. The van der Waals surface area contributed by atoms with Gasteiger partial charge in [-0.3, -0.25) is 0 Å². The lowest BCUT2D eigenvalue weighted by Gasteiger charge is -2.38. The molecule has 2 nitrogen and oxygen atoms in total. The SMILES string of the molecule is C1=CCCC(P(C2=CC=CCC2)c2ccc(C3=CC4=C(CC3)C3Nc5ccccc5N3c3ccccc34)c3ccccc23)=C1.CC. The van der Waals surface area contributed by atoms with Gasteiger partial charge in [-0.05, 0) is 114 Å². The fraction of sp³-hybridized carbons (Fsp3) is 0.209. The molecule has 0 radical (unpaired) electrons. The van der Waals surface area contributed by atoms with E-state index < -0.39 is 7.92 Å². The van der Waals surface area contributed by atoms with Crippen LogP contribution in [0.4, 0.5) is 17.1 Å². The fourth-order valence-corrected chi connectivity index (χ4v) is 10.7. The predicted octanol–water partition coefficient (Wildman–Crippen LogP) is 12.0. The van der Waals surface area contributed by atoms with Crippen molar-refractivity contribution in [3.8, 4) is 0 Å². The quantitative estimate of drug-likeness (QED) is 0.230. The van der Waals surface area contributed by atoms with E-state index in [0.717, 1.165) is 38.5 Å². The third-order valence-electron chi connectivity index (χ3n) is 9.87. The van der Waals surface area contributed by atoms with Crippen molar-refractivity contribution in [3.05, 3.63) is 155 Å². The van der Waals surface area contributed by atoms with Crippen LogP contribution in [0.15, 0.2) is 144 Å². The molecule has 3 heteroatoms. The van der Waals surface area contributed by atoms with Gasteiger partial charge in [-0.25, -0.2) is 0 Å². The lowest BCUT2D eigenvalue weighted by Crippen LogP contribution is -2.38. The van der Waals surface area contributed by atoms with Gasteiger partial charge in [0.05, 0.1) is 17.1 Å². The molecule has 0 spiro atoms. The van der Waals surface area contributed by atoms with E-state index in [0.29, 0.717) is 0 Å². The van der Waals surface area contributed by atoms with E-state index in [-0.39, 0.29) is 6.17 Å². The first-order valence-electron chi connectivity index (χ1n) is 17.1. The van der Waals surface area contributed by atoms with Gasteiger partial charge >= 0.3 is 0 Å². The summed E-state index contributed by atoms with van der Waals surface area (Å²) in [5.41, 5.74) is 10.9. The Kier molecular flexibility index (Phi) is 7.84. The second kappa shape index (κ2) is 12.4. The fourth-order valence-electron chi connectivity index (χ4n) is 7.87. The molecule has 0 saturated heterocycles. The third kappa shape index (κ3) is 4.83. The average Bonchev–Trinajstić information content (AvgIpc) is 3.54. The Hall–Kier alpha value is -4.39. The Morgan fingerprint density at radius 2 is 1.33 bits per heavy atom. The smallest absolute Gasteiger partial charge is 0.127 e. The van der Waals surface area contributed by atoms with Gasteiger partial charge in [0, 0.05) is 5.56 Å². The maximum absolute atomic E-state index is 3.86. The summed E-state index contributed by atoms with van der Waals surface area (Å²) < 4.78 is 0. The van der Waals surface area contributed by atoms with Crippen LogP contribution < -0.4 is 15.5 Å². The van der Waals surface area contributed by atoms with Crippen LogP contribution in [0, 0.1) is 0 Å². The topological polar surface area (TPSA) is 15.3 Å². The van der Waals surface area contributed by atoms with Crippen molar-refractivity contribution in [1.82, 2.24) is 0 Å². The molecule has 0 bridgehead atoms. The number of benzene rings is 4.